The van der Waals surface area contributed by atoms with E-state index in [1.54, 1.807) is 19.1 Å². The molecule has 0 heterocycles. The molecule has 0 spiro atoms. The minimum Gasteiger partial charge on any atom is -0.494 e. The quantitative estimate of drug-likeness (QED) is 0.277. The molecule has 4 N–H and O–H groups in total. The number of anilines is 2. The van der Waals surface area contributed by atoms with Crippen molar-refractivity contribution in [3.63, 3.8) is 0 Å². The zero-order chi connectivity index (χ0) is 28.5. The maximum absolute atomic E-state index is 12.7. The number of hydrogen-bond donors (Lipinski definition) is 4. The van der Waals surface area contributed by atoms with Crippen molar-refractivity contribution in [2.75, 3.05) is 31.5 Å². The Balaban J connectivity index is 1.59. The van der Waals surface area contributed by atoms with Gasteiger partial charge in [0.15, 0.2) is 11.5 Å². The lowest BCUT2D eigenvalue weighted by atomic mass is 10.0. The van der Waals surface area contributed by atoms with Crippen molar-refractivity contribution >= 4 is 29.3 Å². The summed E-state index contributed by atoms with van der Waals surface area (Å²) in [5.41, 5.74) is 3.68. The lowest BCUT2D eigenvalue weighted by Gasteiger charge is -2.18. The highest BCUT2D eigenvalue weighted by Gasteiger charge is 2.17. The second-order valence-corrected chi connectivity index (χ2v) is 8.95. The summed E-state index contributed by atoms with van der Waals surface area (Å²) in [6, 6.07) is 14.5. The van der Waals surface area contributed by atoms with Gasteiger partial charge in [0.25, 0.3) is 0 Å². The number of aromatic carboxylic acids is 1. The fourth-order valence-corrected chi connectivity index (χ4v) is 3.95. The Morgan fingerprint density at radius 3 is 2.28 bits per heavy atom. The van der Waals surface area contributed by atoms with Crippen molar-refractivity contribution in [3.8, 4) is 17.2 Å². The van der Waals surface area contributed by atoms with E-state index in [0.29, 0.717) is 22.9 Å². The Morgan fingerprint density at radius 1 is 0.897 bits per heavy atom. The Kier molecular flexibility index (Phi) is 9.75. The number of ether oxygens (including phenoxy) is 3. The fourth-order valence-electron chi connectivity index (χ4n) is 3.95. The Bertz CT molecular complexity index is 1360. The van der Waals surface area contributed by atoms with Crippen LogP contribution in [0.2, 0.25) is 0 Å². The SMILES string of the molecule is COc1cc(C(=O)O)ccc1OCC(C)NC(=O)Cc1ccc(NC(=O)Nc2ccccc2C)c(OC)c1C. The van der Waals surface area contributed by atoms with Crippen LogP contribution in [0.15, 0.2) is 54.6 Å². The zero-order valence-corrected chi connectivity index (χ0v) is 22.6. The molecule has 0 aliphatic heterocycles. The van der Waals surface area contributed by atoms with Crippen molar-refractivity contribution < 1.29 is 33.7 Å². The number of hydrogen-bond acceptors (Lipinski definition) is 6. The van der Waals surface area contributed by atoms with Crippen LogP contribution in [-0.4, -0.2) is 49.9 Å². The number of carbonyl (C=O) groups excluding carboxylic acids is 2. The number of rotatable bonds is 11. The Hall–Kier alpha value is -4.73. The van der Waals surface area contributed by atoms with Gasteiger partial charge < -0.3 is 35.3 Å². The van der Waals surface area contributed by atoms with E-state index in [4.69, 9.17) is 19.3 Å². The summed E-state index contributed by atoms with van der Waals surface area (Å²) < 4.78 is 16.5. The number of para-hydroxylation sites is 1. The summed E-state index contributed by atoms with van der Waals surface area (Å²) in [6.07, 6.45) is 0.0961. The molecule has 0 saturated heterocycles. The highest BCUT2D eigenvalue weighted by Crippen LogP contribution is 2.32. The van der Waals surface area contributed by atoms with Crippen LogP contribution in [0.4, 0.5) is 16.2 Å². The van der Waals surface area contributed by atoms with E-state index < -0.39 is 12.0 Å². The summed E-state index contributed by atoms with van der Waals surface area (Å²) >= 11 is 0. The Labute approximate surface area is 227 Å². The number of aryl methyl sites for hydroxylation is 1. The van der Waals surface area contributed by atoms with Gasteiger partial charge in [0, 0.05) is 5.69 Å². The van der Waals surface area contributed by atoms with Gasteiger partial charge in [-0.15, -0.1) is 0 Å². The molecule has 39 heavy (non-hydrogen) atoms. The van der Waals surface area contributed by atoms with Crippen molar-refractivity contribution in [1.29, 1.82) is 0 Å². The third-order valence-electron chi connectivity index (χ3n) is 6.02. The third-order valence-corrected chi connectivity index (χ3v) is 6.02. The molecule has 0 saturated carbocycles. The summed E-state index contributed by atoms with van der Waals surface area (Å²) in [5, 5.41) is 17.6. The van der Waals surface area contributed by atoms with Gasteiger partial charge in [-0.3, -0.25) is 4.79 Å². The van der Waals surface area contributed by atoms with Crippen LogP contribution in [0.3, 0.4) is 0 Å². The van der Waals surface area contributed by atoms with Crippen LogP contribution in [0.5, 0.6) is 17.2 Å². The van der Waals surface area contributed by atoms with Gasteiger partial charge in [-0.2, -0.15) is 0 Å². The van der Waals surface area contributed by atoms with Crippen LogP contribution >= 0.6 is 0 Å². The molecule has 1 atom stereocenters. The van der Waals surface area contributed by atoms with Gasteiger partial charge in [-0.1, -0.05) is 24.3 Å². The van der Waals surface area contributed by atoms with Gasteiger partial charge in [-0.05, 0) is 67.8 Å². The predicted octanol–water partition coefficient (Wildman–Crippen LogP) is 4.79. The molecule has 0 bridgehead atoms. The Morgan fingerprint density at radius 2 is 1.62 bits per heavy atom. The van der Waals surface area contributed by atoms with Crippen LogP contribution in [0.25, 0.3) is 0 Å². The predicted molar refractivity (Wildman–Crippen MR) is 148 cm³/mol. The summed E-state index contributed by atoms with van der Waals surface area (Å²) in [6.45, 7) is 5.67. The molecule has 3 aromatic carbocycles. The zero-order valence-electron chi connectivity index (χ0n) is 22.6. The third kappa shape index (κ3) is 7.64. The van der Waals surface area contributed by atoms with Crippen LogP contribution in [0, 0.1) is 13.8 Å². The first-order valence-electron chi connectivity index (χ1n) is 12.3. The minimum absolute atomic E-state index is 0.0829. The lowest BCUT2D eigenvalue weighted by molar-refractivity contribution is -0.121. The van der Waals surface area contributed by atoms with Crippen LogP contribution in [0.1, 0.15) is 34.0 Å². The minimum atomic E-state index is -1.07. The second kappa shape index (κ2) is 13.2. The van der Waals surface area contributed by atoms with E-state index >= 15 is 0 Å². The molecule has 0 aromatic heterocycles. The highest BCUT2D eigenvalue weighted by atomic mass is 16.5. The number of nitrogens with one attached hydrogen (secondary N) is 3. The average Bonchev–Trinajstić information content (AvgIpc) is 2.90. The second-order valence-electron chi connectivity index (χ2n) is 8.95. The first kappa shape index (κ1) is 28.8. The summed E-state index contributed by atoms with van der Waals surface area (Å²) in [7, 11) is 2.93. The fraction of sp³-hybridized carbons (Fsp3) is 0.276. The molecule has 3 rings (SSSR count). The highest BCUT2D eigenvalue weighted by molar-refractivity contribution is 6.01. The number of benzene rings is 3. The van der Waals surface area contributed by atoms with Crippen molar-refractivity contribution in [1.82, 2.24) is 5.32 Å². The number of urea groups is 1. The molecule has 206 valence electrons. The van der Waals surface area contributed by atoms with Crippen molar-refractivity contribution in [3.05, 3.63) is 76.9 Å². The van der Waals surface area contributed by atoms with Crippen LogP contribution in [-0.2, 0) is 11.2 Å². The van der Waals surface area contributed by atoms with Gasteiger partial charge in [0.05, 0.1) is 37.9 Å². The average molecular weight is 536 g/mol. The number of carbonyl (C=O) groups is 3. The maximum Gasteiger partial charge on any atom is 0.335 e. The maximum atomic E-state index is 12.7. The molecule has 10 nitrogen and oxygen atoms in total. The van der Waals surface area contributed by atoms with E-state index in [2.05, 4.69) is 16.0 Å². The molecule has 0 aliphatic rings. The topological polar surface area (TPSA) is 135 Å². The van der Waals surface area contributed by atoms with Crippen molar-refractivity contribution in [2.45, 2.75) is 33.2 Å². The van der Waals surface area contributed by atoms with Gasteiger partial charge >= 0.3 is 12.0 Å². The largest absolute Gasteiger partial charge is 0.494 e. The van der Waals surface area contributed by atoms with Gasteiger partial charge in [0.1, 0.15) is 12.4 Å². The van der Waals surface area contributed by atoms with Gasteiger partial charge in [-0.25, -0.2) is 9.59 Å². The summed E-state index contributed by atoms with van der Waals surface area (Å²) in [5.74, 6) is -0.158. The number of carboxylic acid groups (broad SMARTS) is 1. The normalized spacial score (nSPS) is 11.2. The first-order chi connectivity index (χ1) is 18.6. The smallest absolute Gasteiger partial charge is 0.335 e. The molecule has 0 aliphatic carbocycles. The standard InChI is InChI=1S/C29H33N3O7/c1-17-8-6-7-9-22(17)31-29(36)32-23-12-10-20(19(3)27(23)38-5)15-26(33)30-18(2)16-39-24-13-11-21(28(34)35)14-25(24)37-4/h6-14,18H,15-16H2,1-5H3,(H,30,33)(H,34,35)(H2,31,32,36). The van der Waals surface area contributed by atoms with E-state index in [1.165, 1.54) is 32.4 Å². The molecular formula is C29H33N3O7. The lowest BCUT2D eigenvalue weighted by Crippen LogP contribution is -2.37. The number of methoxy groups -OCH3 is 2. The molecular weight excluding hydrogens is 502 g/mol. The molecule has 0 fully saturated rings. The number of amides is 3. The van der Waals surface area contributed by atoms with Crippen molar-refractivity contribution in [2.24, 2.45) is 0 Å². The molecule has 0 radical (unpaired) electrons. The number of carboxylic acids is 1. The monoisotopic (exact) mass is 535 g/mol. The first-order valence-corrected chi connectivity index (χ1v) is 12.3. The molecule has 10 heteroatoms. The van der Waals surface area contributed by atoms with Crippen LogP contribution < -0.4 is 30.2 Å². The molecule has 3 aromatic rings. The van der Waals surface area contributed by atoms with E-state index in [1.807, 2.05) is 38.1 Å². The molecule has 1 unspecified atom stereocenters. The molecule has 3 amide bonds. The van der Waals surface area contributed by atoms with Gasteiger partial charge in [0.2, 0.25) is 5.91 Å². The van der Waals surface area contributed by atoms with E-state index in [9.17, 15) is 14.4 Å². The summed E-state index contributed by atoms with van der Waals surface area (Å²) in [4.78, 5) is 36.5. The van der Waals surface area contributed by atoms with E-state index in [0.717, 1.165) is 16.7 Å². The van der Waals surface area contributed by atoms with E-state index in [-0.39, 0.29) is 36.3 Å².